The van der Waals surface area contributed by atoms with Crippen molar-refractivity contribution in [3.8, 4) is 17.2 Å². The van der Waals surface area contributed by atoms with Gasteiger partial charge in [0.15, 0.2) is 17.2 Å². The molecule has 0 atom stereocenters. The third kappa shape index (κ3) is 4.45. The molecular weight excluding hydrogens is 456 g/mol. The number of hydrogen-bond acceptors (Lipinski definition) is 7. The lowest BCUT2D eigenvalue weighted by Crippen LogP contribution is -2.41. The highest BCUT2D eigenvalue weighted by molar-refractivity contribution is 7.89. The number of carbonyl (C=O) groups is 1. The Balaban J connectivity index is 1.26. The fourth-order valence-electron chi connectivity index (χ4n) is 4.28. The number of carbonyl (C=O) groups excluding carboxylic acids is 1. The van der Waals surface area contributed by atoms with Crippen molar-refractivity contribution in [3.63, 3.8) is 0 Å². The quantitative estimate of drug-likeness (QED) is 0.413. The molecule has 9 heteroatoms. The maximum absolute atomic E-state index is 13.2. The van der Waals surface area contributed by atoms with Crippen molar-refractivity contribution >= 4 is 26.9 Å². The van der Waals surface area contributed by atoms with Crippen LogP contribution in [-0.2, 0) is 14.8 Å². The van der Waals surface area contributed by atoms with E-state index in [-0.39, 0.29) is 29.9 Å². The van der Waals surface area contributed by atoms with Gasteiger partial charge in [-0.3, -0.25) is 4.79 Å². The third-order valence-electron chi connectivity index (χ3n) is 6.18. The van der Waals surface area contributed by atoms with Gasteiger partial charge in [-0.1, -0.05) is 18.2 Å². The topological polar surface area (TPSA) is 95.0 Å². The van der Waals surface area contributed by atoms with Crippen LogP contribution in [0.2, 0.25) is 0 Å². The molecule has 1 fully saturated rings. The van der Waals surface area contributed by atoms with Crippen molar-refractivity contribution in [3.05, 3.63) is 54.2 Å². The van der Waals surface area contributed by atoms with Crippen molar-refractivity contribution in [1.82, 2.24) is 9.29 Å². The number of aromatic nitrogens is 1. The van der Waals surface area contributed by atoms with Crippen molar-refractivity contribution < 1.29 is 27.4 Å². The summed E-state index contributed by atoms with van der Waals surface area (Å²) in [6.07, 6.45) is 1.52. The summed E-state index contributed by atoms with van der Waals surface area (Å²) in [6.45, 7) is 3.39. The Kier molecular flexibility index (Phi) is 6.14. The second-order valence-electron chi connectivity index (χ2n) is 8.54. The highest BCUT2D eigenvalue weighted by Crippen LogP contribution is 2.34. The minimum atomic E-state index is -3.71. The van der Waals surface area contributed by atoms with Crippen LogP contribution in [-0.4, -0.2) is 50.0 Å². The molecule has 0 amide bonds. The number of fused-ring (bicyclic) bond motifs is 2. The standard InChI is InChI=1S/C25H26N2O6S/c1-17-6-7-18-4-2-5-22(24(18)26-17)33-25(28)19-10-12-27(13-11-19)34(29,30)20-8-9-21-23(16-20)32-15-3-14-31-21/h2,4-9,16,19H,3,10-15H2,1H3. The summed E-state index contributed by atoms with van der Waals surface area (Å²) >= 11 is 0. The number of para-hydroxylation sites is 1. The van der Waals surface area contributed by atoms with Gasteiger partial charge in [0, 0.05) is 36.7 Å². The van der Waals surface area contributed by atoms with Crippen LogP contribution in [0.25, 0.3) is 10.9 Å². The van der Waals surface area contributed by atoms with E-state index in [0.29, 0.717) is 48.8 Å². The van der Waals surface area contributed by atoms with Crippen molar-refractivity contribution in [1.29, 1.82) is 0 Å². The number of pyridine rings is 1. The highest BCUT2D eigenvalue weighted by atomic mass is 32.2. The Morgan fingerprint density at radius 3 is 2.59 bits per heavy atom. The summed E-state index contributed by atoms with van der Waals surface area (Å²) in [5, 5.41) is 0.895. The zero-order valence-corrected chi connectivity index (χ0v) is 19.7. The molecule has 0 bridgehead atoms. The summed E-state index contributed by atoms with van der Waals surface area (Å²) in [4.78, 5) is 17.5. The van der Waals surface area contributed by atoms with Crippen molar-refractivity contribution in [2.75, 3.05) is 26.3 Å². The Bertz CT molecular complexity index is 1330. The number of piperidine rings is 1. The van der Waals surface area contributed by atoms with Crippen molar-refractivity contribution in [2.45, 2.75) is 31.1 Å². The molecule has 0 N–H and O–H groups in total. The van der Waals surface area contributed by atoms with E-state index in [1.165, 1.54) is 10.4 Å². The van der Waals surface area contributed by atoms with Gasteiger partial charge in [0.05, 0.1) is 24.0 Å². The van der Waals surface area contributed by atoms with E-state index in [1.807, 2.05) is 31.2 Å². The molecule has 3 heterocycles. The number of benzene rings is 2. The molecule has 0 radical (unpaired) electrons. The van der Waals surface area contributed by atoms with Gasteiger partial charge in [-0.25, -0.2) is 13.4 Å². The molecule has 5 rings (SSSR count). The van der Waals surface area contributed by atoms with E-state index in [9.17, 15) is 13.2 Å². The Morgan fingerprint density at radius 1 is 1.03 bits per heavy atom. The predicted molar refractivity (Wildman–Crippen MR) is 126 cm³/mol. The van der Waals surface area contributed by atoms with Crippen LogP contribution in [0.15, 0.2) is 53.4 Å². The third-order valence-corrected chi connectivity index (χ3v) is 8.07. The number of esters is 1. The van der Waals surface area contributed by atoms with Gasteiger partial charge in [0.1, 0.15) is 5.52 Å². The van der Waals surface area contributed by atoms with Crippen molar-refractivity contribution in [2.24, 2.45) is 5.92 Å². The molecule has 34 heavy (non-hydrogen) atoms. The van der Waals surface area contributed by atoms with E-state index in [2.05, 4.69) is 4.98 Å². The highest BCUT2D eigenvalue weighted by Gasteiger charge is 2.33. The van der Waals surface area contributed by atoms with E-state index in [4.69, 9.17) is 14.2 Å². The Hall–Kier alpha value is -3.17. The summed E-state index contributed by atoms with van der Waals surface area (Å²) in [5.74, 6) is 0.680. The minimum absolute atomic E-state index is 0.162. The molecule has 1 aromatic heterocycles. The molecule has 2 aliphatic rings. The second kappa shape index (κ2) is 9.23. The Morgan fingerprint density at radius 2 is 1.79 bits per heavy atom. The molecule has 3 aromatic rings. The first-order valence-corrected chi connectivity index (χ1v) is 12.8. The molecule has 2 aliphatic heterocycles. The molecule has 0 spiro atoms. The molecular formula is C25H26N2O6S. The number of sulfonamides is 1. The summed E-state index contributed by atoms with van der Waals surface area (Å²) in [7, 11) is -3.71. The van der Waals surface area contributed by atoms with Crippen LogP contribution >= 0.6 is 0 Å². The van der Waals surface area contributed by atoms with Crippen LogP contribution in [0.3, 0.4) is 0 Å². The first-order chi connectivity index (χ1) is 16.4. The molecule has 178 valence electrons. The zero-order valence-electron chi connectivity index (χ0n) is 18.9. The molecule has 2 aromatic carbocycles. The largest absolute Gasteiger partial charge is 0.490 e. The predicted octanol–water partition coefficient (Wildman–Crippen LogP) is 3.71. The van der Waals surface area contributed by atoms with E-state index in [1.54, 1.807) is 18.2 Å². The van der Waals surface area contributed by atoms with E-state index in [0.717, 1.165) is 17.5 Å². The molecule has 0 saturated carbocycles. The molecule has 0 unspecified atom stereocenters. The maximum Gasteiger partial charge on any atom is 0.314 e. The number of rotatable bonds is 4. The van der Waals surface area contributed by atoms with Crippen LogP contribution in [0.1, 0.15) is 25.0 Å². The number of nitrogens with zero attached hydrogens (tertiary/aromatic N) is 2. The van der Waals surface area contributed by atoms with Crippen LogP contribution in [0, 0.1) is 12.8 Å². The van der Waals surface area contributed by atoms with Gasteiger partial charge in [-0.05, 0) is 44.0 Å². The summed E-state index contributed by atoms with van der Waals surface area (Å²) < 4.78 is 44.8. The fraction of sp³-hybridized carbons (Fsp3) is 0.360. The van der Waals surface area contributed by atoms with Gasteiger partial charge in [-0.15, -0.1) is 0 Å². The lowest BCUT2D eigenvalue weighted by molar-refractivity contribution is -0.140. The average molecular weight is 483 g/mol. The van der Waals surface area contributed by atoms with Gasteiger partial charge in [0.2, 0.25) is 10.0 Å². The molecule has 8 nitrogen and oxygen atoms in total. The monoisotopic (exact) mass is 482 g/mol. The number of aryl methyl sites for hydroxylation is 1. The zero-order chi connectivity index (χ0) is 23.7. The van der Waals surface area contributed by atoms with Crippen LogP contribution in [0.4, 0.5) is 0 Å². The lowest BCUT2D eigenvalue weighted by atomic mass is 9.98. The van der Waals surface area contributed by atoms with Crippen LogP contribution < -0.4 is 14.2 Å². The molecule has 0 aliphatic carbocycles. The normalized spacial score (nSPS) is 17.3. The number of ether oxygens (including phenoxy) is 3. The lowest BCUT2D eigenvalue weighted by Gasteiger charge is -2.30. The van der Waals surface area contributed by atoms with Gasteiger partial charge >= 0.3 is 5.97 Å². The first-order valence-electron chi connectivity index (χ1n) is 11.4. The van der Waals surface area contributed by atoms with Gasteiger partial charge in [-0.2, -0.15) is 4.31 Å². The fourth-order valence-corrected chi connectivity index (χ4v) is 5.76. The smallest absolute Gasteiger partial charge is 0.314 e. The van der Waals surface area contributed by atoms with Gasteiger partial charge < -0.3 is 14.2 Å². The summed E-state index contributed by atoms with van der Waals surface area (Å²) in [6, 6.07) is 14.0. The second-order valence-corrected chi connectivity index (χ2v) is 10.5. The van der Waals surface area contributed by atoms with E-state index >= 15 is 0 Å². The Labute approximate surface area is 198 Å². The SMILES string of the molecule is Cc1ccc2cccc(OC(=O)C3CCN(S(=O)(=O)c4ccc5c(c4)OCCCO5)CC3)c2n1. The average Bonchev–Trinajstić information content (AvgIpc) is 3.09. The van der Waals surface area contributed by atoms with Gasteiger partial charge in [0.25, 0.3) is 0 Å². The van der Waals surface area contributed by atoms with Crippen LogP contribution in [0.5, 0.6) is 17.2 Å². The molecule has 1 saturated heterocycles. The summed E-state index contributed by atoms with van der Waals surface area (Å²) in [5.41, 5.74) is 1.48. The first kappa shape index (κ1) is 22.6. The number of hydrogen-bond donors (Lipinski definition) is 0. The minimum Gasteiger partial charge on any atom is -0.490 e. The van der Waals surface area contributed by atoms with E-state index < -0.39 is 10.0 Å². The maximum atomic E-state index is 13.2.